The Labute approximate surface area is 168 Å². The van der Waals surface area contributed by atoms with Crippen molar-refractivity contribution < 1.29 is 19.1 Å². The minimum atomic E-state index is -0.553. The van der Waals surface area contributed by atoms with Crippen LogP contribution in [0.2, 0.25) is 0 Å². The molecule has 28 heavy (non-hydrogen) atoms. The smallest absolute Gasteiger partial charge is 0.338 e. The van der Waals surface area contributed by atoms with Crippen LogP contribution < -0.4 is 4.74 Å². The van der Waals surface area contributed by atoms with E-state index in [0.717, 1.165) is 10.4 Å². The molecule has 0 radical (unpaired) electrons. The van der Waals surface area contributed by atoms with Gasteiger partial charge < -0.3 is 14.4 Å². The molecule has 0 bridgehead atoms. The Morgan fingerprint density at radius 1 is 1.00 bits per heavy atom. The van der Waals surface area contributed by atoms with E-state index in [4.69, 9.17) is 9.47 Å². The molecule has 1 heterocycles. The zero-order valence-electron chi connectivity index (χ0n) is 15.5. The third-order valence-electron chi connectivity index (χ3n) is 4.04. The second-order valence-corrected chi connectivity index (χ2v) is 7.24. The maximum Gasteiger partial charge on any atom is 0.338 e. The van der Waals surface area contributed by atoms with E-state index in [1.165, 1.54) is 0 Å². The lowest BCUT2D eigenvalue weighted by atomic mass is 10.2. The first-order chi connectivity index (χ1) is 13.6. The first-order valence-electron chi connectivity index (χ1n) is 8.82. The third kappa shape index (κ3) is 5.69. The molecule has 1 amide bonds. The van der Waals surface area contributed by atoms with E-state index < -0.39 is 5.97 Å². The summed E-state index contributed by atoms with van der Waals surface area (Å²) in [4.78, 5) is 27.0. The minimum Gasteiger partial charge on any atom is -0.489 e. The molecule has 0 fully saturated rings. The van der Waals surface area contributed by atoms with Crippen molar-refractivity contribution in [3.05, 3.63) is 88.1 Å². The highest BCUT2D eigenvalue weighted by Crippen LogP contribution is 2.16. The van der Waals surface area contributed by atoms with Gasteiger partial charge in [-0.3, -0.25) is 4.79 Å². The van der Waals surface area contributed by atoms with Crippen LogP contribution in [0.3, 0.4) is 0 Å². The highest BCUT2D eigenvalue weighted by Gasteiger charge is 2.14. The van der Waals surface area contributed by atoms with Crippen molar-refractivity contribution in [2.24, 2.45) is 0 Å². The van der Waals surface area contributed by atoms with Crippen molar-refractivity contribution in [1.29, 1.82) is 0 Å². The average molecular weight is 395 g/mol. The number of likely N-dealkylation sites (N-methyl/N-ethyl adjacent to an activating group) is 1. The van der Waals surface area contributed by atoms with E-state index in [0.29, 0.717) is 24.5 Å². The van der Waals surface area contributed by atoms with Crippen LogP contribution >= 0.6 is 11.3 Å². The zero-order valence-corrected chi connectivity index (χ0v) is 16.4. The van der Waals surface area contributed by atoms with Gasteiger partial charge in [0.2, 0.25) is 0 Å². The molecule has 5 nitrogen and oxygen atoms in total. The molecule has 1 aromatic heterocycles. The van der Waals surface area contributed by atoms with E-state index in [1.54, 1.807) is 47.5 Å². The van der Waals surface area contributed by atoms with Gasteiger partial charge >= 0.3 is 5.97 Å². The highest BCUT2D eigenvalue weighted by atomic mass is 32.1. The predicted molar refractivity (Wildman–Crippen MR) is 108 cm³/mol. The number of esters is 1. The first kappa shape index (κ1) is 19.6. The van der Waals surface area contributed by atoms with Crippen LogP contribution in [0.1, 0.15) is 20.8 Å². The number of benzene rings is 2. The van der Waals surface area contributed by atoms with Gasteiger partial charge in [-0.2, -0.15) is 0 Å². The van der Waals surface area contributed by atoms with Gasteiger partial charge in [0.05, 0.1) is 12.1 Å². The molecular formula is C22H21NO4S. The number of nitrogens with zero attached hydrogens (tertiary/aromatic N) is 1. The fourth-order valence-corrected chi connectivity index (χ4v) is 3.26. The van der Waals surface area contributed by atoms with Crippen LogP contribution in [0, 0.1) is 0 Å². The first-order valence-corrected chi connectivity index (χ1v) is 9.70. The monoisotopic (exact) mass is 395 g/mol. The SMILES string of the molecule is CN(Cc1cccs1)C(=O)COC(=O)c1cccc(OCc2ccccc2)c1. The largest absolute Gasteiger partial charge is 0.489 e. The molecule has 3 aromatic rings. The third-order valence-corrected chi connectivity index (χ3v) is 4.90. The summed E-state index contributed by atoms with van der Waals surface area (Å²) in [5, 5.41) is 1.96. The predicted octanol–water partition coefficient (Wildman–Crippen LogP) is 4.14. The number of ether oxygens (including phenoxy) is 2. The number of rotatable bonds is 8. The lowest BCUT2D eigenvalue weighted by Crippen LogP contribution is -2.30. The van der Waals surface area contributed by atoms with Gasteiger partial charge in [-0.1, -0.05) is 42.5 Å². The van der Waals surface area contributed by atoms with Crippen LogP contribution in [0.15, 0.2) is 72.1 Å². The Hall–Kier alpha value is -3.12. The number of thiophene rings is 1. The van der Waals surface area contributed by atoms with Crippen LogP contribution in [0.5, 0.6) is 5.75 Å². The van der Waals surface area contributed by atoms with Crippen molar-refractivity contribution in [1.82, 2.24) is 4.90 Å². The molecule has 6 heteroatoms. The van der Waals surface area contributed by atoms with Crippen molar-refractivity contribution in [3.63, 3.8) is 0 Å². The molecule has 144 valence electrons. The molecule has 2 aromatic carbocycles. The molecule has 0 aliphatic carbocycles. The average Bonchev–Trinajstić information content (AvgIpc) is 3.24. The summed E-state index contributed by atoms with van der Waals surface area (Å²) in [5.74, 6) is -0.235. The van der Waals surface area contributed by atoms with Crippen molar-refractivity contribution in [2.45, 2.75) is 13.2 Å². The Morgan fingerprint density at radius 3 is 2.57 bits per heavy atom. The lowest BCUT2D eigenvalue weighted by Gasteiger charge is -2.16. The van der Waals surface area contributed by atoms with E-state index in [2.05, 4.69) is 0 Å². The second kappa shape index (κ2) is 9.71. The Morgan fingerprint density at radius 2 is 1.82 bits per heavy atom. The molecule has 0 saturated heterocycles. The maximum absolute atomic E-state index is 12.3. The molecular weight excluding hydrogens is 374 g/mol. The molecule has 0 spiro atoms. The van der Waals surface area contributed by atoms with Gasteiger partial charge in [-0.25, -0.2) is 4.79 Å². The quantitative estimate of drug-likeness (QED) is 0.538. The van der Waals surface area contributed by atoms with Crippen molar-refractivity contribution >= 4 is 23.2 Å². The molecule has 0 aliphatic heterocycles. The normalized spacial score (nSPS) is 10.3. The fraction of sp³-hybridized carbons (Fsp3) is 0.182. The summed E-state index contributed by atoms with van der Waals surface area (Å²) < 4.78 is 10.9. The molecule has 0 N–H and O–H groups in total. The number of amides is 1. The number of hydrogen-bond acceptors (Lipinski definition) is 5. The number of carbonyl (C=O) groups excluding carboxylic acids is 2. The molecule has 0 saturated carbocycles. The molecule has 0 unspecified atom stereocenters. The Bertz CT molecular complexity index is 909. The summed E-state index contributed by atoms with van der Waals surface area (Å²) in [6, 6.07) is 20.4. The fourth-order valence-electron chi connectivity index (χ4n) is 2.50. The Kier molecular flexibility index (Phi) is 6.81. The van der Waals surface area contributed by atoms with Gasteiger partial charge in [0.15, 0.2) is 6.61 Å². The lowest BCUT2D eigenvalue weighted by molar-refractivity contribution is -0.133. The van der Waals surface area contributed by atoms with E-state index in [9.17, 15) is 9.59 Å². The Balaban J connectivity index is 1.50. The summed E-state index contributed by atoms with van der Waals surface area (Å²) in [6.07, 6.45) is 0. The summed E-state index contributed by atoms with van der Waals surface area (Å²) in [7, 11) is 1.69. The van der Waals surface area contributed by atoms with E-state index in [-0.39, 0.29) is 12.5 Å². The summed E-state index contributed by atoms with van der Waals surface area (Å²) >= 11 is 1.58. The van der Waals surface area contributed by atoms with Crippen molar-refractivity contribution in [2.75, 3.05) is 13.7 Å². The van der Waals surface area contributed by atoms with Gasteiger partial charge in [0, 0.05) is 11.9 Å². The molecule has 0 atom stereocenters. The highest BCUT2D eigenvalue weighted by molar-refractivity contribution is 7.09. The maximum atomic E-state index is 12.3. The number of carbonyl (C=O) groups is 2. The summed E-state index contributed by atoms with van der Waals surface area (Å²) in [5.41, 5.74) is 1.38. The van der Waals surface area contributed by atoms with Crippen molar-refractivity contribution in [3.8, 4) is 5.75 Å². The summed E-state index contributed by atoms with van der Waals surface area (Å²) in [6.45, 7) is 0.609. The van der Waals surface area contributed by atoms with Crippen LogP contribution in [0.25, 0.3) is 0 Å². The van der Waals surface area contributed by atoms with Gasteiger partial charge in [-0.15, -0.1) is 11.3 Å². The van der Waals surface area contributed by atoms with E-state index in [1.807, 2.05) is 47.8 Å². The standard InChI is InChI=1S/C22H21NO4S/c1-23(14-20-11-6-12-28-20)21(24)16-27-22(25)18-9-5-10-19(13-18)26-15-17-7-3-2-4-8-17/h2-13H,14-16H2,1H3. The molecule has 0 aliphatic rings. The van der Waals surface area contributed by atoms with Crippen LogP contribution in [-0.4, -0.2) is 30.4 Å². The zero-order chi connectivity index (χ0) is 19.8. The minimum absolute atomic E-state index is 0.252. The molecule has 3 rings (SSSR count). The number of hydrogen-bond donors (Lipinski definition) is 0. The second-order valence-electron chi connectivity index (χ2n) is 6.21. The van der Waals surface area contributed by atoms with Crippen LogP contribution in [0.4, 0.5) is 0 Å². The van der Waals surface area contributed by atoms with Gasteiger partial charge in [0.25, 0.3) is 5.91 Å². The van der Waals surface area contributed by atoms with E-state index >= 15 is 0 Å². The van der Waals surface area contributed by atoms with Gasteiger partial charge in [-0.05, 0) is 35.2 Å². The topological polar surface area (TPSA) is 55.8 Å². The van der Waals surface area contributed by atoms with Crippen LogP contribution in [-0.2, 0) is 22.7 Å². The van der Waals surface area contributed by atoms with Gasteiger partial charge in [0.1, 0.15) is 12.4 Å².